The molecule has 6 heteroatoms. The summed E-state index contributed by atoms with van der Waals surface area (Å²) in [6.07, 6.45) is 0.00736. The summed E-state index contributed by atoms with van der Waals surface area (Å²) in [4.78, 5) is 29.0. The highest BCUT2D eigenvalue weighted by atomic mass is 16.4. The molecule has 6 nitrogen and oxygen atoms in total. The fourth-order valence-corrected chi connectivity index (χ4v) is 1.76. The molecule has 1 aromatic carbocycles. The van der Waals surface area contributed by atoms with E-state index >= 15 is 0 Å². The number of nitrogen functional groups attached to an aromatic ring is 1. The van der Waals surface area contributed by atoms with E-state index in [9.17, 15) is 9.59 Å². The molecule has 19 heavy (non-hydrogen) atoms. The molecular formula is C13H13N3O3. The van der Waals surface area contributed by atoms with Gasteiger partial charge in [-0.2, -0.15) is 0 Å². The lowest BCUT2D eigenvalue weighted by Crippen LogP contribution is -2.22. The molecule has 0 saturated carbocycles. The van der Waals surface area contributed by atoms with Gasteiger partial charge in [0.2, 0.25) is 0 Å². The summed E-state index contributed by atoms with van der Waals surface area (Å²) >= 11 is 0. The van der Waals surface area contributed by atoms with E-state index in [0.29, 0.717) is 12.2 Å². The number of aromatic nitrogens is 2. The molecule has 2 aromatic rings. The summed E-state index contributed by atoms with van der Waals surface area (Å²) in [5.74, 6) is -0.727. The first-order chi connectivity index (χ1) is 9.06. The number of nitrogens with one attached hydrogen (secondary N) is 1. The Morgan fingerprint density at radius 2 is 2.00 bits per heavy atom. The predicted octanol–water partition coefficient (Wildman–Crippen LogP) is 0.570. The van der Waals surface area contributed by atoms with Crippen LogP contribution >= 0.6 is 0 Å². The van der Waals surface area contributed by atoms with E-state index in [1.807, 2.05) is 30.3 Å². The number of anilines is 1. The van der Waals surface area contributed by atoms with E-state index in [1.54, 1.807) is 0 Å². The number of carboxylic acids is 1. The monoisotopic (exact) mass is 259 g/mol. The number of H-pyrrole nitrogens is 1. The Morgan fingerprint density at radius 1 is 1.32 bits per heavy atom. The average molecular weight is 259 g/mol. The van der Waals surface area contributed by atoms with E-state index in [-0.39, 0.29) is 11.4 Å². The van der Waals surface area contributed by atoms with Crippen LogP contribution in [-0.2, 0) is 17.6 Å². The van der Waals surface area contributed by atoms with Crippen molar-refractivity contribution in [1.29, 1.82) is 0 Å². The number of carboxylic acid groups (broad SMARTS) is 1. The van der Waals surface area contributed by atoms with Gasteiger partial charge >= 0.3 is 5.97 Å². The second kappa shape index (κ2) is 5.34. The van der Waals surface area contributed by atoms with E-state index < -0.39 is 17.9 Å². The normalized spacial score (nSPS) is 10.3. The van der Waals surface area contributed by atoms with Gasteiger partial charge in [-0.25, -0.2) is 4.98 Å². The van der Waals surface area contributed by atoms with E-state index in [1.165, 1.54) is 0 Å². The quantitative estimate of drug-likeness (QED) is 0.743. The predicted molar refractivity (Wildman–Crippen MR) is 69.9 cm³/mol. The van der Waals surface area contributed by atoms with Crippen LogP contribution < -0.4 is 11.3 Å². The molecule has 2 rings (SSSR count). The summed E-state index contributed by atoms with van der Waals surface area (Å²) in [7, 11) is 0. The number of carbonyl (C=O) groups is 1. The fourth-order valence-electron chi connectivity index (χ4n) is 1.76. The van der Waals surface area contributed by atoms with Crippen molar-refractivity contribution in [3.05, 3.63) is 57.6 Å². The van der Waals surface area contributed by atoms with Crippen molar-refractivity contribution in [2.45, 2.75) is 12.8 Å². The van der Waals surface area contributed by atoms with E-state index in [0.717, 1.165) is 5.56 Å². The second-order valence-electron chi connectivity index (χ2n) is 4.11. The third-order valence-corrected chi connectivity index (χ3v) is 2.64. The molecule has 0 atom stereocenters. The summed E-state index contributed by atoms with van der Waals surface area (Å²) in [6, 6.07) is 9.47. The Labute approximate surface area is 108 Å². The van der Waals surface area contributed by atoms with Gasteiger partial charge < -0.3 is 15.8 Å². The molecule has 4 N–H and O–H groups in total. The Balaban J connectivity index is 2.30. The first kappa shape index (κ1) is 12.8. The van der Waals surface area contributed by atoms with Crippen LogP contribution in [-0.4, -0.2) is 21.0 Å². The van der Waals surface area contributed by atoms with Crippen LogP contribution in [0.1, 0.15) is 17.0 Å². The van der Waals surface area contributed by atoms with Gasteiger partial charge in [-0.3, -0.25) is 9.59 Å². The largest absolute Gasteiger partial charge is 0.481 e. The zero-order valence-corrected chi connectivity index (χ0v) is 10.1. The molecule has 0 amide bonds. The number of hydrogen-bond donors (Lipinski definition) is 3. The van der Waals surface area contributed by atoms with Crippen LogP contribution in [0.3, 0.4) is 0 Å². The topological polar surface area (TPSA) is 109 Å². The molecule has 0 spiro atoms. The van der Waals surface area contributed by atoms with Gasteiger partial charge in [0, 0.05) is 6.42 Å². The zero-order valence-electron chi connectivity index (χ0n) is 10.1. The standard InChI is InChI=1S/C13H13N3O3/c14-12-9(7-11(17)18)13(19)16-10(15-12)6-8-4-2-1-3-5-8/h1-5H,6-7H2,(H,17,18)(H3,14,15,16,19). The van der Waals surface area contributed by atoms with Gasteiger partial charge in [-0.1, -0.05) is 30.3 Å². The van der Waals surface area contributed by atoms with Crippen molar-refractivity contribution < 1.29 is 9.90 Å². The van der Waals surface area contributed by atoms with Crippen LogP contribution in [0.5, 0.6) is 0 Å². The summed E-state index contributed by atoms with van der Waals surface area (Å²) in [5.41, 5.74) is 6.10. The first-order valence-corrected chi connectivity index (χ1v) is 5.69. The van der Waals surface area contributed by atoms with Gasteiger partial charge in [0.05, 0.1) is 12.0 Å². The molecule has 0 saturated heterocycles. The first-order valence-electron chi connectivity index (χ1n) is 5.69. The maximum atomic E-state index is 11.7. The van der Waals surface area contributed by atoms with Gasteiger partial charge in [0.1, 0.15) is 11.6 Å². The molecule has 0 radical (unpaired) electrons. The van der Waals surface area contributed by atoms with Crippen molar-refractivity contribution in [2.24, 2.45) is 0 Å². The Kier molecular flexibility index (Phi) is 3.61. The number of aliphatic carboxylic acids is 1. The Bertz CT molecular complexity index is 650. The maximum absolute atomic E-state index is 11.7. The fraction of sp³-hybridized carbons (Fsp3) is 0.154. The lowest BCUT2D eigenvalue weighted by Gasteiger charge is -2.05. The molecule has 0 bridgehead atoms. The molecule has 0 aliphatic carbocycles. The molecule has 0 fully saturated rings. The van der Waals surface area contributed by atoms with Crippen LogP contribution in [0.15, 0.2) is 35.1 Å². The minimum atomic E-state index is -1.12. The van der Waals surface area contributed by atoms with Crippen LogP contribution in [0, 0.1) is 0 Å². The van der Waals surface area contributed by atoms with Crippen molar-refractivity contribution in [3.8, 4) is 0 Å². The molecule has 0 aliphatic heterocycles. The van der Waals surface area contributed by atoms with Crippen LogP contribution in [0.4, 0.5) is 5.82 Å². The third-order valence-electron chi connectivity index (χ3n) is 2.64. The minimum absolute atomic E-state index is 0.00990. The molecule has 1 heterocycles. The second-order valence-corrected chi connectivity index (χ2v) is 4.11. The van der Waals surface area contributed by atoms with Crippen molar-refractivity contribution >= 4 is 11.8 Å². The molecular weight excluding hydrogens is 246 g/mol. The van der Waals surface area contributed by atoms with Crippen molar-refractivity contribution in [2.75, 3.05) is 5.73 Å². The highest BCUT2D eigenvalue weighted by molar-refractivity contribution is 5.71. The molecule has 0 unspecified atom stereocenters. The number of nitrogens with zero attached hydrogens (tertiary/aromatic N) is 1. The number of benzene rings is 1. The summed E-state index contributed by atoms with van der Waals surface area (Å²) in [5, 5.41) is 8.68. The van der Waals surface area contributed by atoms with Gasteiger partial charge in [-0.15, -0.1) is 0 Å². The van der Waals surface area contributed by atoms with E-state index in [4.69, 9.17) is 10.8 Å². The summed E-state index contributed by atoms with van der Waals surface area (Å²) < 4.78 is 0. The third kappa shape index (κ3) is 3.19. The molecule has 0 aliphatic rings. The van der Waals surface area contributed by atoms with Crippen molar-refractivity contribution in [1.82, 2.24) is 9.97 Å². The SMILES string of the molecule is Nc1nc(Cc2ccccc2)[nH]c(=O)c1CC(=O)O. The van der Waals surface area contributed by atoms with Gasteiger partial charge in [-0.05, 0) is 5.56 Å². The molecule has 1 aromatic heterocycles. The summed E-state index contributed by atoms with van der Waals surface area (Å²) in [6.45, 7) is 0. The van der Waals surface area contributed by atoms with Gasteiger partial charge in [0.25, 0.3) is 5.56 Å². The molecule has 98 valence electrons. The number of rotatable bonds is 4. The number of nitrogens with two attached hydrogens (primary N) is 1. The smallest absolute Gasteiger partial charge is 0.308 e. The van der Waals surface area contributed by atoms with Crippen LogP contribution in [0.25, 0.3) is 0 Å². The van der Waals surface area contributed by atoms with E-state index in [2.05, 4.69) is 9.97 Å². The zero-order chi connectivity index (χ0) is 13.8. The average Bonchev–Trinajstić information content (AvgIpc) is 2.35. The highest BCUT2D eigenvalue weighted by Gasteiger charge is 2.12. The highest BCUT2D eigenvalue weighted by Crippen LogP contribution is 2.08. The minimum Gasteiger partial charge on any atom is -0.481 e. The lowest BCUT2D eigenvalue weighted by atomic mass is 10.1. The maximum Gasteiger partial charge on any atom is 0.308 e. The van der Waals surface area contributed by atoms with Crippen molar-refractivity contribution in [3.63, 3.8) is 0 Å². The number of hydrogen-bond acceptors (Lipinski definition) is 4. The number of aromatic amines is 1. The van der Waals surface area contributed by atoms with Crippen LogP contribution in [0.2, 0.25) is 0 Å². The Hall–Kier alpha value is -2.63. The lowest BCUT2D eigenvalue weighted by molar-refractivity contribution is -0.136. The van der Waals surface area contributed by atoms with Gasteiger partial charge in [0.15, 0.2) is 0 Å². The Morgan fingerprint density at radius 3 is 2.58 bits per heavy atom.